The highest BCUT2D eigenvalue weighted by molar-refractivity contribution is 6.26. The van der Waals surface area contributed by atoms with Crippen LogP contribution < -0.4 is 9.47 Å². The molecule has 0 aliphatic carbocycles. The summed E-state index contributed by atoms with van der Waals surface area (Å²) in [4.78, 5) is 0. The van der Waals surface area contributed by atoms with Crippen molar-refractivity contribution in [2.45, 2.75) is 39.3 Å². The summed E-state index contributed by atoms with van der Waals surface area (Å²) >= 11 is 0. The van der Waals surface area contributed by atoms with Crippen molar-refractivity contribution in [2.75, 3.05) is 95.0 Å². The average Bonchev–Trinajstić information content (AvgIpc) is 3.59. The molecule has 1 aliphatic heterocycles. The minimum Gasteiger partial charge on any atom is -0.493 e. The van der Waals surface area contributed by atoms with Gasteiger partial charge in [-0.2, -0.15) is 0 Å². The van der Waals surface area contributed by atoms with E-state index in [1.165, 1.54) is 21.5 Å². The summed E-state index contributed by atoms with van der Waals surface area (Å²) in [5.74, 6) is 28.6. The summed E-state index contributed by atoms with van der Waals surface area (Å²) in [7, 11) is 13.2. The van der Waals surface area contributed by atoms with Crippen molar-refractivity contribution < 1.29 is 37.4 Å². The Morgan fingerprint density at radius 3 is 0.875 bits per heavy atom. The molecule has 10 aromatic rings. The van der Waals surface area contributed by atoms with Crippen molar-refractivity contribution in [2.24, 2.45) is 0 Å². The van der Waals surface area contributed by atoms with Crippen LogP contribution in [-0.4, -0.2) is 104 Å². The predicted octanol–water partition coefficient (Wildman–Crippen LogP) is 13.0. The van der Waals surface area contributed by atoms with Gasteiger partial charge >= 0.3 is 0 Å². The van der Waals surface area contributed by atoms with E-state index in [-0.39, 0.29) is 26.4 Å². The van der Waals surface area contributed by atoms with E-state index in [1.807, 2.05) is 0 Å². The standard InChI is InChI=1S/C72H68N2O6/c1-73(2,3)33-11-39-79-63-43-51-41-52(44-63)48-76-36-8-14-56-18-22-60-28-32-68-58(20-24-62-26-30-66(56)70(60)72(62)68)16-10-38-78-50-54-42-53(45-64(46-54)80-40-12-34-74(4,5)6)49-77-37-9-15-57-19-23-61-25-29-65-55(13-7-35-75-47-51)17-21-59-27-31-67(57)71(61)69(59)65/h17-32,41-46H,11-12,33-40,47-50H2,1-6H3/q+2. The first-order valence-electron chi connectivity index (χ1n) is 27.7. The summed E-state index contributed by atoms with van der Waals surface area (Å²) in [6.45, 7) is 5.84. The molecule has 0 amide bonds. The van der Waals surface area contributed by atoms with Crippen LogP contribution in [0.25, 0.3) is 64.6 Å². The molecule has 11 rings (SSSR count). The van der Waals surface area contributed by atoms with Crippen molar-refractivity contribution in [3.63, 3.8) is 0 Å². The van der Waals surface area contributed by atoms with Gasteiger partial charge in [-0.25, -0.2) is 0 Å². The van der Waals surface area contributed by atoms with Crippen molar-refractivity contribution in [1.29, 1.82) is 0 Å². The lowest BCUT2D eigenvalue weighted by molar-refractivity contribution is -0.870. The van der Waals surface area contributed by atoms with Gasteiger partial charge in [-0.1, -0.05) is 132 Å². The molecule has 0 unspecified atom stereocenters. The summed E-state index contributed by atoms with van der Waals surface area (Å²) < 4.78 is 39.4. The van der Waals surface area contributed by atoms with Crippen LogP contribution in [0.3, 0.4) is 0 Å². The van der Waals surface area contributed by atoms with E-state index in [1.54, 1.807) is 0 Å². The number of ether oxygens (including phenoxy) is 6. The molecular weight excluding hydrogens is 989 g/mol. The summed E-state index contributed by atoms with van der Waals surface area (Å²) in [5.41, 5.74) is 7.82. The molecule has 10 aromatic carbocycles. The Labute approximate surface area is 470 Å². The van der Waals surface area contributed by atoms with Crippen LogP contribution in [0.4, 0.5) is 0 Å². The molecule has 1 aliphatic rings. The second-order valence-electron chi connectivity index (χ2n) is 22.9. The molecule has 0 N–H and O–H groups in total. The van der Waals surface area contributed by atoms with E-state index >= 15 is 0 Å². The van der Waals surface area contributed by atoms with Gasteiger partial charge in [0.1, 0.15) is 37.9 Å². The fraction of sp³-hybridized carbons (Fsp3) is 0.278. The summed E-state index contributed by atoms with van der Waals surface area (Å²) in [6, 6.07) is 47.1. The van der Waals surface area contributed by atoms with Crippen LogP contribution in [0.5, 0.6) is 11.5 Å². The molecule has 0 fully saturated rings. The first kappa shape index (κ1) is 53.9. The predicted molar refractivity (Wildman–Crippen MR) is 325 cm³/mol. The molecule has 0 atom stereocenters. The number of rotatable bonds is 10. The molecule has 8 nitrogen and oxygen atoms in total. The van der Waals surface area contributed by atoms with Gasteiger partial charge in [0.25, 0.3) is 0 Å². The zero-order valence-corrected chi connectivity index (χ0v) is 46.9. The molecule has 0 spiro atoms. The Hall–Kier alpha value is -8.12. The number of fused-ring (bicyclic) bond motifs is 4. The summed E-state index contributed by atoms with van der Waals surface area (Å²) in [5, 5.41) is 13.8. The van der Waals surface area contributed by atoms with Gasteiger partial charge in [-0.3, -0.25) is 0 Å². The van der Waals surface area contributed by atoms with Gasteiger partial charge in [0, 0.05) is 35.1 Å². The minimum atomic E-state index is 0.268. The number of nitrogens with zero attached hydrogens (tertiary/aromatic N) is 2. The third kappa shape index (κ3) is 13.0. The van der Waals surface area contributed by atoms with Gasteiger partial charge in [-0.15, -0.1) is 0 Å². The number of hydrogen-bond acceptors (Lipinski definition) is 6. The molecule has 80 heavy (non-hydrogen) atoms. The zero-order valence-electron chi connectivity index (χ0n) is 46.9. The molecule has 0 radical (unpaired) electrons. The van der Waals surface area contributed by atoms with E-state index in [0.29, 0.717) is 39.6 Å². The van der Waals surface area contributed by atoms with Crippen LogP contribution in [0.2, 0.25) is 0 Å². The Bertz CT molecular complexity index is 3640. The highest BCUT2D eigenvalue weighted by atomic mass is 16.5. The monoisotopic (exact) mass is 1060 g/mol. The van der Waals surface area contributed by atoms with Gasteiger partial charge in [-0.05, 0) is 135 Å². The van der Waals surface area contributed by atoms with E-state index in [9.17, 15) is 0 Å². The fourth-order valence-electron chi connectivity index (χ4n) is 10.9. The smallest absolute Gasteiger partial charge is 0.120 e. The van der Waals surface area contributed by atoms with Crippen LogP contribution in [0.1, 0.15) is 57.3 Å². The maximum Gasteiger partial charge on any atom is 0.120 e. The second-order valence-corrected chi connectivity index (χ2v) is 22.9. The van der Waals surface area contributed by atoms with Crippen LogP contribution in [0.15, 0.2) is 133 Å². The second kappa shape index (κ2) is 24.1. The van der Waals surface area contributed by atoms with Gasteiger partial charge in [0.2, 0.25) is 0 Å². The fourth-order valence-corrected chi connectivity index (χ4v) is 10.9. The molecule has 0 aromatic heterocycles. The molecular formula is C72H68N2O6+2. The first-order valence-corrected chi connectivity index (χ1v) is 27.7. The topological polar surface area (TPSA) is 55.4 Å². The maximum atomic E-state index is 6.33. The quantitative estimate of drug-likeness (QED) is 0.0589. The lowest BCUT2D eigenvalue weighted by Crippen LogP contribution is -2.36. The van der Waals surface area contributed by atoms with Crippen LogP contribution >= 0.6 is 0 Å². The molecule has 0 saturated heterocycles. The molecule has 400 valence electrons. The Morgan fingerprint density at radius 2 is 0.613 bits per heavy atom. The maximum absolute atomic E-state index is 6.33. The lowest BCUT2D eigenvalue weighted by Gasteiger charge is -2.23. The average molecular weight is 1060 g/mol. The Morgan fingerprint density at radius 1 is 0.350 bits per heavy atom. The summed E-state index contributed by atoms with van der Waals surface area (Å²) in [6.07, 6.45) is 1.88. The molecule has 8 heteroatoms. The first-order chi connectivity index (χ1) is 38.9. The Balaban J connectivity index is 0.889. The Kier molecular flexibility index (Phi) is 16.2. The highest BCUT2D eigenvalue weighted by Crippen LogP contribution is 2.39. The van der Waals surface area contributed by atoms with Crippen molar-refractivity contribution in [3.8, 4) is 58.9 Å². The number of benzene rings is 10. The number of quaternary nitrogens is 2. The van der Waals surface area contributed by atoms with Crippen LogP contribution in [-0.2, 0) is 45.4 Å². The van der Waals surface area contributed by atoms with Crippen molar-refractivity contribution >= 4 is 64.6 Å². The SMILES string of the molecule is C[N+](C)(C)CCCOc1cc2cc(c1)COCC#Cc1ccc3ccc4c(ccc5ccc1c3c54)C#CCOCc1cc(cc(OCCC[N+](C)(C)C)c1)COCC#Cc1ccc3ccc4c(ccc5ccc1c3c54)C#CCOC2. The lowest BCUT2D eigenvalue weighted by atomic mass is 9.90. The van der Waals surface area contributed by atoms with E-state index in [4.69, 9.17) is 28.4 Å². The molecule has 16 bridgehead atoms. The normalized spacial score (nSPS) is 14.1. The van der Waals surface area contributed by atoms with E-state index in [0.717, 1.165) is 134 Å². The number of hydrogen-bond donors (Lipinski definition) is 0. The largest absolute Gasteiger partial charge is 0.493 e. The van der Waals surface area contributed by atoms with E-state index < -0.39 is 0 Å². The molecule has 1 heterocycles. The van der Waals surface area contributed by atoms with Gasteiger partial charge in [0.15, 0.2) is 0 Å². The van der Waals surface area contributed by atoms with Crippen LogP contribution in [0, 0.1) is 47.4 Å². The van der Waals surface area contributed by atoms with Gasteiger partial charge in [0.05, 0.1) is 95.0 Å². The minimum absolute atomic E-state index is 0.268. The molecule has 0 saturated carbocycles. The van der Waals surface area contributed by atoms with Gasteiger partial charge < -0.3 is 37.4 Å². The van der Waals surface area contributed by atoms with E-state index in [2.05, 4.69) is 223 Å². The van der Waals surface area contributed by atoms with Crippen molar-refractivity contribution in [3.05, 3.63) is 178 Å². The third-order valence-electron chi connectivity index (χ3n) is 14.5. The van der Waals surface area contributed by atoms with Crippen molar-refractivity contribution in [1.82, 2.24) is 0 Å². The highest BCUT2D eigenvalue weighted by Gasteiger charge is 2.16. The third-order valence-corrected chi connectivity index (χ3v) is 14.5. The zero-order chi connectivity index (χ0) is 55.1.